The molecule has 10 heteroatoms. The van der Waals surface area contributed by atoms with E-state index in [0.29, 0.717) is 5.75 Å². The molecule has 2 aromatic heterocycles. The zero-order valence-corrected chi connectivity index (χ0v) is 15.0. The second kappa shape index (κ2) is 7.28. The standard InChI is InChI=1S/C17H18N6O4/c1-21-15-14(16(25)22(2)17(21)26)18-10-23(15)9-13(24)20-19-8-11-5-4-6-12(7-11)27-3/h4-8,10H,9H2,1-3H3,(H,20,24). The Kier molecular flexibility index (Phi) is 4.88. The van der Waals surface area contributed by atoms with E-state index in [1.165, 1.54) is 35.8 Å². The summed E-state index contributed by atoms with van der Waals surface area (Å²) in [5, 5.41) is 3.90. The van der Waals surface area contributed by atoms with E-state index in [4.69, 9.17) is 4.74 Å². The fraction of sp³-hybridized carbons (Fsp3) is 0.235. The van der Waals surface area contributed by atoms with Gasteiger partial charge in [-0.05, 0) is 17.7 Å². The number of benzene rings is 1. The van der Waals surface area contributed by atoms with Crippen molar-refractivity contribution in [2.24, 2.45) is 19.2 Å². The Labute approximate surface area is 153 Å². The number of fused-ring (bicyclic) bond motifs is 1. The highest BCUT2D eigenvalue weighted by atomic mass is 16.5. The highest BCUT2D eigenvalue weighted by molar-refractivity contribution is 5.83. The van der Waals surface area contributed by atoms with Crippen LogP contribution in [0, 0.1) is 0 Å². The van der Waals surface area contributed by atoms with Crippen molar-refractivity contribution < 1.29 is 9.53 Å². The van der Waals surface area contributed by atoms with Crippen LogP contribution in [0.25, 0.3) is 11.2 Å². The van der Waals surface area contributed by atoms with Gasteiger partial charge in [0.25, 0.3) is 11.5 Å². The lowest BCUT2D eigenvalue weighted by molar-refractivity contribution is -0.121. The minimum Gasteiger partial charge on any atom is -0.497 e. The smallest absolute Gasteiger partial charge is 0.332 e. The Hall–Kier alpha value is -3.69. The highest BCUT2D eigenvalue weighted by Gasteiger charge is 2.15. The first-order valence-corrected chi connectivity index (χ1v) is 7.99. The van der Waals surface area contributed by atoms with E-state index in [0.717, 1.165) is 10.1 Å². The Balaban J connectivity index is 1.78. The van der Waals surface area contributed by atoms with Crippen LogP contribution in [0.3, 0.4) is 0 Å². The van der Waals surface area contributed by atoms with Crippen LogP contribution in [-0.2, 0) is 25.4 Å². The molecule has 140 valence electrons. The monoisotopic (exact) mass is 370 g/mol. The molecule has 1 amide bonds. The zero-order chi connectivity index (χ0) is 19.6. The van der Waals surface area contributed by atoms with Gasteiger partial charge in [-0.3, -0.25) is 18.7 Å². The van der Waals surface area contributed by atoms with E-state index in [1.54, 1.807) is 25.3 Å². The number of hydrogen-bond donors (Lipinski definition) is 1. The first kappa shape index (κ1) is 18.1. The van der Waals surface area contributed by atoms with E-state index in [9.17, 15) is 14.4 Å². The van der Waals surface area contributed by atoms with Gasteiger partial charge in [-0.25, -0.2) is 15.2 Å². The lowest BCUT2D eigenvalue weighted by Gasteiger charge is -2.07. The average molecular weight is 370 g/mol. The summed E-state index contributed by atoms with van der Waals surface area (Å²) in [6.45, 7) is -0.146. The fourth-order valence-corrected chi connectivity index (χ4v) is 2.65. The van der Waals surface area contributed by atoms with Crippen molar-refractivity contribution >= 4 is 23.3 Å². The number of imidazole rings is 1. The zero-order valence-electron chi connectivity index (χ0n) is 15.0. The molecular weight excluding hydrogens is 352 g/mol. The van der Waals surface area contributed by atoms with Gasteiger partial charge >= 0.3 is 5.69 Å². The predicted octanol–water partition coefficient (Wildman–Crippen LogP) is -0.407. The number of amides is 1. The van der Waals surface area contributed by atoms with Gasteiger partial charge in [0, 0.05) is 14.1 Å². The number of nitrogens with one attached hydrogen (secondary N) is 1. The summed E-state index contributed by atoms with van der Waals surface area (Å²) in [5.74, 6) is 0.249. The van der Waals surface area contributed by atoms with Gasteiger partial charge in [-0.15, -0.1) is 0 Å². The van der Waals surface area contributed by atoms with Crippen molar-refractivity contribution in [3.05, 3.63) is 57.0 Å². The maximum absolute atomic E-state index is 12.1. The fourth-order valence-electron chi connectivity index (χ4n) is 2.65. The molecule has 0 saturated carbocycles. The van der Waals surface area contributed by atoms with E-state index in [1.807, 2.05) is 6.07 Å². The molecule has 27 heavy (non-hydrogen) atoms. The first-order chi connectivity index (χ1) is 12.9. The molecule has 2 heterocycles. The summed E-state index contributed by atoms with van der Waals surface area (Å²) < 4.78 is 8.79. The number of hydrogen-bond acceptors (Lipinski definition) is 6. The number of carbonyl (C=O) groups is 1. The number of hydrazone groups is 1. The topological polar surface area (TPSA) is 113 Å². The Morgan fingerprint density at radius 1 is 1.30 bits per heavy atom. The quantitative estimate of drug-likeness (QED) is 0.485. The Bertz CT molecular complexity index is 1150. The third-order valence-corrected chi connectivity index (χ3v) is 4.02. The maximum Gasteiger partial charge on any atom is 0.332 e. The molecule has 0 aliphatic rings. The summed E-state index contributed by atoms with van der Waals surface area (Å²) in [4.78, 5) is 40.4. The van der Waals surface area contributed by atoms with Gasteiger partial charge < -0.3 is 9.30 Å². The van der Waals surface area contributed by atoms with Crippen molar-refractivity contribution in [2.45, 2.75) is 6.54 Å². The van der Waals surface area contributed by atoms with Gasteiger partial charge in [0.05, 0.1) is 19.7 Å². The van der Waals surface area contributed by atoms with Crippen molar-refractivity contribution in [3.63, 3.8) is 0 Å². The number of ether oxygens (including phenoxy) is 1. The lowest BCUT2D eigenvalue weighted by atomic mass is 10.2. The molecule has 0 saturated heterocycles. The second-order valence-corrected chi connectivity index (χ2v) is 5.82. The molecule has 0 bridgehead atoms. The number of methoxy groups -OCH3 is 1. The molecule has 3 aromatic rings. The summed E-state index contributed by atoms with van der Waals surface area (Å²) in [5.41, 5.74) is 2.55. The Morgan fingerprint density at radius 2 is 2.07 bits per heavy atom. The van der Waals surface area contributed by atoms with Gasteiger partial charge in [-0.1, -0.05) is 12.1 Å². The minimum atomic E-state index is -0.511. The van der Waals surface area contributed by atoms with Gasteiger partial charge in [0.15, 0.2) is 5.52 Å². The van der Waals surface area contributed by atoms with Gasteiger partial charge in [0.1, 0.15) is 17.9 Å². The number of rotatable bonds is 5. The van der Waals surface area contributed by atoms with Crippen LogP contribution in [0.15, 0.2) is 45.3 Å². The largest absolute Gasteiger partial charge is 0.497 e. The Morgan fingerprint density at radius 3 is 2.81 bits per heavy atom. The van der Waals surface area contributed by atoms with Crippen LogP contribution in [0.5, 0.6) is 5.75 Å². The second-order valence-electron chi connectivity index (χ2n) is 5.82. The van der Waals surface area contributed by atoms with Crippen molar-refractivity contribution in [2.75, 3.05) is 7.11 Å². The molecule has 1 aromatic carbocycles. The SMILES string of the molecule is COc1cccc(C=NNC(=O)Cn2cnc3c(=O)n(C)c(=O)n(C)c32)c1. The van der Waals surface area contributed by atoms with E-state index in [-0.39, 0.29) is 17.7 Å². The number of carbonyl (C=O) groups excluding carboxylic acids is 1. The van der Waals surface area contributed by atoms with Crippen LogP contribution in [0.2, 0.25) is 0 Å². The average Bonchev–Trinajstić information content (AvgIpc) is 3.08. The van der Waals surface area contributed by atoms with Crippen LogP contribution >= 0.6 is 0 Å². The third-order valence-electron chi connectivity index (χ3n) is 4.02. The molecule has 0 aliphatic heterocycles. The minimum absolute atomic E-state index is 0.118. The maximum atomic E-state index is 12.1. The number of aryl methyl sites for hydroxylation is 1. The van der Waals surface area contributed by atoms with E-state index in [2.05, 4.69) is 15.5 Å². The van der Waals surface area contributed by atoms with Crippen molar-refractivity contribution in [3.8, 4) is 5.75 Å². The molecule has 1 N–H and O–H groups in total. The summed E-state index contributed by atoms with van der Waals surface area (Å²) in [6.07, 6.45) is 2.83. The van der Waals surface area contributed by atoms with Crippen LogP contribution in [0.1, 0.15) is 5.56 Å². The molecule has 0 radical (unpaired) electrons. The number of aromatic nitrogens is 4. The molecule has 10 nitrogen and oxygen atoms in total. The summed E-state index contributed by atoms with van der Waals surface area (Å²) in [6, 6.07) is 7.19. The molecule has 0 unspecified atom stereocenters. The van der Waals surface area contributed by atoms with E-state index < -0.39 is 17.2 Å². The first-order valence-electron chi connectivity index (χ1n) is 7.99. The summed E-state index contributed by atoms with van der Waals surface area (Å²) >= 11 is 0. The normalized spacial score (nSPS) is 11.2. The molecule has 0 fully saturated rings. The molecule has 0 atom stereocenters. The number of nitrogens with zero attached hydrogens (tertiary/aromatic N) is 5. The van der Waals surface area contributed by atoms with Crippen molar-refractivity contribution in [1.82, 2.24) is 24.1 Å². The molecule has 0 aliphatic carbocycles. The predicted molar refractivity (Wildman–Crippen MR) is 98.9 cm³/mol. The van der Waals surface area contributed by atoms with Crippen molar-refractivity contribution in [1.29, 1.82) is 0 Å². The van der Waals surface area contributed by atoms with Crippen LogP contribution in [0.4, 0.5) is 0 Å². The third kappa shape index (κ3) is 3.50. The van der Waals surface area contributed by atoms with Gasteiger partial charge in [-0.2, -0.15) is 5.10 Å². The highest BCUT2D eigenvalue weighted by Crippen LogP contribution is 2.10. The van der Waals surface area contributed by atoms with Gasteiger partial charge in [0.2, 0.25) is 0 Å². The van der Waals surface area contributed by atoms with Crippen LogP contribution < -0.4 is 21.4 Å². The molecule has 3 rings (SSSR count). The summed E-state index contributed by atoms with van der Waals surface area (Å²) in [7, 11) is 4.46. The van der Waals surface area contributed by atoms with E-state index >= 15 is 0 Å². The molecular formula is C17H18N6O4. The lowest BCUT2D eigenvalue weighted by Crippen LogP contribution is -2.37. The molecule has 0 spiro atoms. The van der Waals surface area contributed by atoms with Crippen LogP contribution in [-0.4, -0.2) is 37.9 Å².